The van der Waals surface area contributed by atoms with Crippen molar-refractivity contribution in [2.45, 2.75) is 51.6 Å². The summed E-state index contributed by atoms with van der Waals surface area (Å²) in [5.74, 6) is 1.03. The molecule has 3 aliphatic rings. The van der Waals surface area contributed by atoms with Gasteiger partial charge in [0.05, 0.1) is 17.1 Å². The normalized spacial score (nSPS) is 24.7. The Morgan fingerprint density at radius 3 is 2.87 bits per heavy atom. The molecule has 1 aromatic carbocycles. The van der Waals surface area contributed by atoms with Crippen LogP contribution in [-0.2, 0) is 16.8 Å². The molecule has 2 saturated heterocycles. The van der Waals surface area contributed by atoms with Crippen molar-refractivity contribution in [1.29, 1.82) is 0 Å². The fourth-order valence-electron chi connectivity index (χ4n) is 4.99. The number of likely N-dealkylation sites (tertiary alicyclic amines) is 2. The number of aromatic nitrogens is 1. The van der Waals surface area contributed by atoms with Crippen molar-refractivity contribution < 1.29 is 9.59 Å². The Balaban J connectivity index is 0.00000231. The van der Waals surface area contributed by atoms with Gasteiger partial charge < -0.3 is 15.1 Å². The van der Waals surface area contributed by atoms with E-state index in [1.165, 1.54) is 0 Å². The predicted octanol–water partition coefficient (Wildman–Crippen LogP) is 4.09. The monoisotopic (exact) mass is 440 g/mol. The summed E-state index contributed by atoms with van der Waals surface area (Å²) in [6.07, 6.45) is 4.81. The molecule has 0 saturated carbocycles. The Kier molecular flexibility index (Phi) is 5.69. The van der Waals surface area contributed by atoms with Crippen LogP contribution in [0.3, 0.4) is 0 Å². The highest BCUT2D eigenvalue weighted by Crippen LogP contribution is 2.39. The molecule has 1 aromatic heterocycles. The third kappa shape index (κ3) is 3.89. The third-order valence-electron chi connectivity index (χ3n) is 6.61. The van der Waals surface area contributed by atoms with Crippen LogP contribution in [-0.4, -0.2) is 52.3 Å². The first-order valence-corrected chi connectivity index (χ1v) is 10.9. The number of halogens is 1. The summed E-state index contributed by atoms with van der Waals surface area (Å²) < 4.78 is 0. The number of fused-ring (bicyclic) bond motifs is 1. The number of benzene rings is 1. The zero-order valence-corrected chi connectivity index (χ0v) is 17.8. The van der Waals surface area contributed by atoms with Crippen LogP contribution in [0.5, 0.6) is 0 Å². The number of rotatable bonds is 3. The second-order valence-electron chi connectivity index (χ2n) is 8.76. The van der Waals surface area contributed by atoms with Gasteiger partial charge >= 0.3 is 0 Å². The van der Waals surface area contributed by atoms with Gasteiger partial charge in [-0.25, -0.2) is 4.98 Å². The van der Waals surface area contributed by atoms with Crippen LogP contribution in [0.25, 0.3) is 0 Å². The highest BCUT2D eigenvalue weighted by molar-refractivity contribution is 6.30. The zero-order valence-electron chi connectivity index (χ0n) is 17.0. The molecule has 2 atom stereocenters. The van der Waals surface area contributed by atoms with Crippen molar-refractivity contribution in [2.75, 3.05) is 25.0 Å². The van der Waals surface area contributed by atoms with E-state index in [1.54, 1.807) is 6.20 Å². The summed E-state index contributed by atoms with van der Waals surface area (Å²) in [6.45, 7) is 4.24. The fraction of sp³-hybridized carbons (Fsp3) is 0.458. The van der Waals surface area contributed by atoms with Gasteiger partial charge in [0, 0.05) is 43.7 Å². The van der Waals surface area contributed by atoms with E-state index in [1.807, 2.05) is 34.1 Å². The minimum atomic E-state index is -0.309. The summed E-state index contributed by atoms with van der Waals surface area (Å²) in [4.78, 5) is 33.5. The van der Waals surface area contributed by atoms with Crippen LogP contribution in [0.1, 0.15) is 55.1 Å². The van der Waals surface area contributed by atoms with Crippen molar-refractivity contribution in [1.82, 2.24) is 14.8 Å². The molecule has 31 heavy (non-hydrogen) atoms. The van der Waals surface area contributed by atoms with Gasteiger partial charge in [-0.1, -0.05) is 31.2 Å². The van der Waals surface area contributed by atoms with Crippen molar-refractivity contribution >= 4 is 29.2 Å². The number of hydrogen-bond donors (Lipinski definition) is 1. The second-order valence-corrected chi connectivity index (χ2v) is 9.20. The number of hydrogen-bond acceptors (Lipinski definition) is 4. The molecule has 0 radical (unpaired) electrons. The van der Waals surface area contributed by atoms with Gasteiger partial charge in [0.25, 0.3) is 5.91 Å². The zero-order chi connectivity index (χ0) is 20.9. The molecule has 0 aliphatic carbocycles. The lowest BCUT2D eigenvalue weighted by molar-refractivity contribution is -0.129. The SMILES string of the molecule is C.C[C@]1(c2cccc(Cl)c2)Cc2cc(C(=O)N3CC[C@H](N4CCCC4=O)C3)cnc2N1. The predicted molar refractivity (Wildman–Crippen MR) is 122 cm³/mol. The van der Waals surface area contributed by atoms with Gasteiger partial charge in [-0.05, 0) is 49.1 Å². The lowest BCUT2D eigenvalue weighted by Crippen LogP contribution is -2.39. The second kappa shape index (κ2) is 8.15. The highest BCUT2D eigenvalue weighted by Gasteiger charge is 2.37. The molecular formula is C24H29ClN4O2. The Hall–Kier alpha value is -2.60. The van der Waals surface area contributed by atoms with Gasteiger partial charge in [-0.2, -0.15) is 0 Å². The van der Waals surface area contributed by atoms with E-state index in [0.29, 0.717) is 30.1 Å². The molecule has 6 nitrogen and oxygen atoms in total. The van der Waals surface area contributed by atoms with Gasteiger partial charge in [0.2, 0.25) is 5.91 Å². The molecule has 2 fully saturated rings. The molecule has 4 heterocycles. The van der Waals surface area contributed by atoms with E-state index >= 15 is 0 Å². The Labute approximate surface area is 188 Å². The average Bonchev–Trinajstić information content (AvgIpc) is 3.44. The van der Waals surface area contributed by atoms with Crippen LogP contribution in [0.2, 0.25) is 5.02 Å². The highest BCUT2D eigenvalue weighted by atomic mass is 35.5. The molecular weight excluding hydrogens is 412 g/mol. The quantitative estimate of drug-likeness (QED) is 0.780. The molecule has 2 aromatic rings. The van der Waals surface area contributed by atoms with Crippen molar-refractivity contribution in [3.05, 3.63) is 58.2 Å². The number of nitrogens with zero attached hydrogens (tertiary/aromatic N) is 3. The number of anilines is 1. The van der Waals surface area contributed by atoms with E-state index in [0.717, 1.165) is 42.8 Å². The number of carbonyl (C=O) groups excluding carboxylic acids is 2. The van der Waals surface area contributed by atoms with E-state index in [9.17, 15) is 9.59 Å². The molecule has 3 aliphatic heterocycles. The number of carbonyl (C=O) groups is 2. The molecule has 5 rings (SSSR count). The first kappa shape index (κ1) is 21.6. The molecule has 0 spiro atoms. The molecule has 7 heteroatoms. The minimum Gasteiger partial charge on any atom is -0.360 e. The Bertz CT molecular complexity index is 1030. The largest absolute Gasteiger partial charge is 0.360 e. The van der Waals surface area contributed by atoms with Crippen molar-refractivity contribution in [2.24, 2.45) is 0 Å². The molecule has 0 bridgehead atoms. The van der Waals surface area contributed by atoms with E-state index in [4.69, 9.17) is 11.6 Å². The maximum absolute atomic E-state index is 13.1. The minimum absolute atomic E-state index is 0. The van der Waals surface area contributed by atoms with Crippen LogP contribution < -0.4 is 5.32 Å². The van der Waals surface area contributed by atoms with Crippen LogP contribution in [0.4, 0.5) is 5.82 Å². The van der Waals surface area contributed by atoms with Gasteiger partial charge in [-0.3, -0.25) is 9.59 Å². The maximum Gasteiger partial charge on any atom is 0.255 e. The maximum atomic E-state index is 13.1. The summed E-state index contributed by atoms with van der Waals surface area (Å²) in [6, 6.07) is 9.95. The van der Waals surface area contributed by atoms with Crippen LogP contribution >= 0.6 is 11.6 Å². The standard InChI is InChI=1S/C23H25ClN4O2.CH4/c1-23(17-4-2-5-18(24)11-17)12-15-10-16(13-25-21(15)26-23)22(30)27-9-7-19(14-27)28-8-3-6-20(28)29;/h2,4-5,10-11,13,19H,3,6-9,12,14H2,1H3,(H,25,26);1H4/t19-,23+;/m0./s1. The number of pyridine rings is 1. The van der Waals surface area contributed by atoms with Crippen LogP contribution in [0, 0.1) is 0 Å². The smallest absolute Gasteiger partial charge is 0.255 e. The molecule has 0 unspecified atom stereocenters. The number of nitrogens with one attached hydrogen (secondary N) is 1. The van der Waals surface area contributed by atoms with Crippen LogP contribution in [0.15, 0.2) is 36.5 Å². The lowest BCUT2D eigenvalue weighted by atomic mass is 9.89. The van der Waals surface area contributed by atoms with Gasteiger partial charge in [0.15, 0.2) is 0 Å². The topological polar surface area (TPSA) is 65.5 Å². The fourth-order valence-corrected chi connectivity index (χ4v) is 5.18. The van der Waals surface area contributed by atoms with Gasteiger partial charge in [-0.15, -0.1) is 0 Å². The van der Waals surface area contributed by atoms with Crippen molar-refractivity contribution in [3.8, 4) is 0 Å². The summed E-state index contributed by atoms with van der Waals surface area (Å²) in [5.41, 5.74) is 2.43. The average molecular weight is 441 g/mol. The van der Waals surface area contributed by atoms with Gasteiger partial charge in [0.1, 0.15) is 5.82 Å². The summed E-state index contributed by atoms with van der Waals surface area (Å²) >= 11 is 6.19. The summed E-state index contributed by atoms with van der Waals surface area (Å²) in [7, 11) is 0. The van der Waals surface area contributed by atoms with E-state index < -0.39 is 0 Å². The first-order chi connectivity index (χ1) is 14.4. The summed E-state index contributed by atoms with van der Waals surface area (Å²) in [5, 5.41) is 4.20. The molecule has 164 valence electrons. The first-order valence-electron chi connectivity index (χ1n) is 10.5. The lowest BCUT2D eigenvalue weighted by Gasteiger charge is -2.25. The Morgan fingerprint density at radius 2 is 2.13 bits per heavy atom. The molecule has 2 amide bonds. The third-order valence-corrected chi connectivity index (χ3v) is 6.85. The van der Waals surface area contributed by atoms with Crippen molar-refractivity contribution in [3.63, 3.8) is 0 Å². The number of amides is 2. The van der Waals surface area contributed by atoms with E-state index in [2.05, 4.69) is 23.3 Å². The van der Waals surface area contributed by atoms with E-state index in [-0.39, 0.29) is 30.8 Å². The molecule has 1 N–H and O–H groups in total. The Morgan fingerprint density at radius 1 is 1.29 bits per heavy atom.